The molecule has 4 aromatic rings. The van der Waals surface area contributed by atoms with Gasteiger partial charge in [0.05, 0.1) is 20.4 Å². The third-order valence-corrected chi connectivity index (χ3v) is 10.1. The topological polar surface area (TPSA) is 35.5 Å². The Hall–Kier alpha value is -3.42. The molecule has 0 atom stereocenters. The monoisotopic (exact) mass is 441 g/mol. The maximum Gasteiger partial charge on any atom is 0.341 e. The number of esters is 1. The second-order valence-corrected chi connectivity index (χ2v) is 10.9. The zero-order chi connectivity index (χ0) is 22.4. The molecule has 32 heavy (non-hydrogen) atoms. The van der Waals surface area contributed by atoms with Crippen LogP contribution in [0.15, 0.2) is 109 Å². The molecule has 0 saturated heterocycles. The summed E-state index contributed by atoms with van der Waals surface area (Å²) in [4.78, 5) is 12.9. The van der Waals surface area contributed by atoms with Gasteiger partial charge in [0.25, 0.3) is 0 Å². The van der Waals surface area contributed by atoms with Gasteiger partial charge in [0, 0.05) is 0 Å². The van der Waals surface area contributed by atoms with Crippen LogP contribution >= 0.6 is 7.26 Å². The molecule has 4 heteroatoms. The Balaban J connectivity index is 2.03. The van der Waals surface area contributed by atoms with Gasteiger partial charge in [-0.3, -0.25) is 0 Å². The van der Waals surface area contributed by atoms with Crippen molar-refractivity contribution >= 4 is 29.1 Å². The number of methoxy groups -OCH3 is 2. The molecule has 0 saturated carbocycles. The summed E-state index contributed by atoms with van der Waals surface area (Å²) in [6, 6.07) is 37.1. The molecule has 4 aromatic carbocycles. The maximum atomic E-state index is 12.9. The highest BCUT2D eigenvalue weighted by atomic mass is 31.2. The van der Waals surface area contributed by atoms with Gasteiger partial charge in [-0.25, -0.2) is 4.79 Å². The molecular formula is C28H26O3P+. The fourth-order valence-electron chi connectivity index (χ4n) is 4.15. The van der Waals surface area contributed by atoms with Gasteiger partial charge >= 0.3 is 5.97 Å². The van der Waals surface area contributed by atoms with Crippen LogP contribution in [-0.4, -0.2) is 20.2 Å². The maximum absolute atomic E-state index is 12.9. The van der Waals surface area contributed by atoms with E-state index in [2.05, 4.69) is 66.7 Å². The van der Waals surface area contributed by atoms with Crippen LogP contribution in [-0.2, 0) is 10.9 Å². The lowest BCUT2D eigenvalue weighted by molar-refractivity contribution is 0.0602. The smallest absolute Gasteiger partial charge is 0.341 e. The number of rotatable bonds is 7. The standard InChI is InChI=1S/C28H26O3P/c1-30-23-19-17-22(18-20-23)21-32(24-11-5-3-6-12-24,25-13-7-4-8-14-25)27-16-10-9-15-26(27)28(29)31-2/h3-20H,21H2,1-2H3/q+1. The molecule has 0 amide bonds. The number of carbonyl (C=O) groups is 1. The van der Waals surface area contributed by atoms with Crippen LogP contribution in [0.2, 0.25) is 0 Å². The number of ether oxygens (including phenoxy) is 2. The first-order chi connectivity index (χ1) is 15.7. The number of hydrogen-bond acceptors (Lipinski definition) is 3. The predicted octanol–water partition coefficient (Wildman–Crippen LogP) is 4.98. The van der Waals surface area contributed by atoms with Gasteiger partial charge in [-0.2, -0.15) is 0 Å². The quantitative estimate of drug-likeness (QED) is 0.300. The minimum atomic E-state index is -2.25. The SMILES string of the molecule is COC(=O)c1ccccc1[P+](Cc1ccc(OC)cc1)(c1ccccc1)c1ccccc1. The van der Waals surface area contributed by atoms with Crippen LogP contribution in [0.25, 0.3) is 0 Å². The Morgan fingerprint density at radius 2 is 1.22 bits per heavy atom. The van der Waals surface area contributed by atoms with Gasteiger partial charge in [0.15, 0.2) is 0 Å². The molecule has 0 radical (unpaired) electrons. The van der Waals surface area contributed by atoms with E-state index in [0.717, 1.165) is 17.2 Å². The minimum absolute atomic E-state index is 0.313. The molecule has 0 aliphatic heterocycles. The molecule has 3 nitrogen and oxygen atoms in total. The average molecular weight is 441 g/mol. The highest BCUT2D eigenvalue weighted by Crippen LogP contribution is 2.58. The molecule has 0 spiro atoms. The Morgan fingerprint density at radius 1 is 0.688 bits per heavy atom. The third kappa shape index (κ3) is 4.17. The van der Waals surface area contributed by atoms with E-state index in [-0.39, 0.29) is 5.97 Å². The average Bonchev–Trinajstić information content (AvgIpc) is 2.88. The van der Waals surface area contributed by atoms with Crippen LogP contribution in [0.3, 0.4) is 0 Å². The highest BCUT2D eigenvalue weighted by Gasteiger charge is 2.47. The molecule has 0 bridgehead atoms. The van der Waals surface area contributed by atoms with Crippen molar-refractivity contribution in [2.24, 2.45) is 0 Å². The van der Waals surface area contributed by atoms with E-state index in [4.69, 9.17) is 9.47 Å². The Morgan fingerprint density at radius 3 is 1.75 bits per heavy atom. The predicted molar refractivity (Wildman–Crippen MR) is 133 cm³/mol. The van der Waals surface area contributed by atoms with Gasteiger partial charge in [0.1, 0.15) is 34.5 Å². The van der Waals surface area contributed by atoms with Crippen molar-refractivity contribution in [2.45, 2.75) is 6.16 Å². The summed E-state index contributed by atoms with van der Waals surface area (Å²) < 4.78 is 10.6. The van der Waals surface area contributed by atoms with Gasteiger partial charge < -0.3 is 9.47 Å². The number of benzene rings is 4. The third-order valence-electron chi connectivity index (χ3n) is 5.69. The van der Waals surface area contributed by atoms with E-state index in [1.165, 1.54) is 23.3 Å². The summed E-state index contributed by atoms with van der Waals surface area (Å²) in [6.07, 6.45) is 0.777. The Bertz CT molecular complexity index is 1130. The van der Waals surface area contributed by atoms with Crippen LogP contribution in [0, 0.1) is 0 Å². The van der Waals surface area contributed by atoms with Gasteiger partial charge in [0.2, 0.25) is 0 Å². The van der Waals surface area contributed by atoms with E-state index < -0.39 is 7.26 Å². The fraction of sp³-hybridized carbons (Fsp3) is 0.107. The van der Waals surface area contributed by atoms with E-state index in [1.54, 1.807) is 7.11 Å². The van der Waals surface area contributed by atoms with Crippen molar-refractivity contribution in [2.75, 3.05) is 14.2 Å². The van der Waals surface area contributed by atoms with Crippen molar-refractivity contribution in [3.8, 4) is 5.75 Å². The molecule has 0 fully saturated rings. The van der Waals surface area contributed by atoms with Crippen molar-refractivity contribution in [1.82, 2.24) is 0 Å². The molecular weight excluding hydrogens is 415 g/mol. The number of hydrogen-bond donors (Lipinski definition) is 0. The normalized spacial score (nSPS) is 11.1. The van der Waals surface area contributed by atoms with Crippen LogP contribution < -0.4 is 20.7 Å². The van der Waals surface area contributed by atoms with Gasteiger partial charge in [-0.05, 0) is 54.1 Å². The zero-order valence-electron chi connectivity index (χ0n) is 18.3. The lowest BCUT2D eigenvalue weighted by atomic mass is 10.2. The molecule has 160 valence electrons. The van der Waals surface area contributed by atoms with Gasteiger partial charge in [-0.1, -0.05) is 60.7 Å². The van der Waals surface area contributed by atoms with E-state index in [0.29, 0.717) is 5.56 Å². The lowest BCUT2D eigenvalue weighted by Crippen LogP contribution is -2.35. The molecule has 0 N–H and O–H groups in total. The summed E-state index contributed by atoms with van der Waals surface area (Å²) in [6.45, 7) is 0. The van der Waals surface area contributed by atoms with Crippen molar-refractivity contribution < 1.29 is 14.3 Å². The van der Waals surface area contributed by atoms with E-state index in [9.17, 15) is 4.79 Å². The lowest BCUT2D eigenvalue weighted by Gasteiger charge is -2.29. The number of carbonyl (C=O) groups excluding carboxylic acids is 1. The Kier molecular flexibility index (Phi) is 6.68. The fourth-order valence-corrected chi connectivity index (χ4v) is 8.58. The van der Waals surface area contributed by atoms with E-state index in [1.807, 2.05) is 42.5 Å². The zero-order valence-corrected chi connectivity index (χ0v) is 19.2. The molecule has 0 aromatic heterocycles. The van der Waals surface area contributed by atoms with Crippen molar-refractivity contribution in [3.05, 3.63) is 120 Å². The van der Waals surface area contributed by atoms with Crippen LogP contribution in [0.5, 0.6) is 5.75 Å². The molecule has 4 rings (SSSR count). The first kappa shape index (κ1) is 21.8. The summed E-state index contributed by atoms with van der Waals surface area (Å²) in [7, 11) is 0.867. The molecule has 0 heterocycles. The van der Waals surface area contributed by atoms with Crippen LogP contribution in [0.1, 0.15) is 15.9 Å². The first-order valence-corrected chi connectivity index (χ1v) is 12.5. The van der Waals surface area contributed by atoms with Crippen LogP contribution in [0.4, 0.5) is 0 Å². The largest absolute Gasteiger partial charge is 0.497 e. The first-order valence-electron chi connectivity index (χ1n) is 10.5. The van der Waals surface area contributed by atoms with E-state index >= 15 is 0 Å². The second-order valence-electron chi connectivity index (χ2n) is 7.50. The second kappa shape index (κ2) is 9.80. The molecule has 0 aliphatic carbocycles. The minimum Gasteiger partial charge on any atom is -0.497 e. The molecule has 0 unspecified atom stereocenters. The van der Waals surface area contributed by atoms with Crippen molar-refractivity contribution in [3.63, 3.8) is 0 Å². The summed E-state index contributed by atoms with van der Waals surface area (Å²) in [5.74, 6) is 0.513. The summed E-state index contributed by atoms with van der Waals surface area (Å²) in [5.41, 5.74) is 1.80. The summed E-state index contributed by atoms with van der Waals surface area (Å²) in [5, 5.41) is 3.47. The van der Waals surface area contributed by atoms with Crippen molar-refractivity contribution in [1.29, 1.82) is 0 Å². The van der Waals surface area contributed by atoms with Gasteiger partial charge in [-0.15, -0.1) is 0 Å². The Labute approximate surface area is 190 Å². The summed E-state index contributed by atoms with van der Waals surface area (Å²) >= 11 is 0. The molecule has 0 aliphatic rings. The highest BCUT2D eigenvalue weighted by molar-refractivity contribution is 7.95.